The highest BCUT2D eigenvalue weighted by Gasteiger charge is 2.12. The Morgan fingerprint density at radius 3 is 2.29 bits per heavy atom. The number of aliphatic hydroxyl groups is 1. The predicted molar refractivity (Wildman–Crippen MR) is 68.6 cm³/mol. The standard InChI is InChI=1S/C11H18N2O3S/c1-12-8-11(14)9-4-6-10(7-5-9)13(2)17(3,15)16/h4-7,11-12,14H,8H2,1-3H3. The Morgan fingerprint density at radius 2 is 1.88 bits per heavy atom. The van der Waals surface area contributed by atoms with Gasteiger partial charge in [0.1, 0.15) is 0 Å². The summed E-state index contributed by atoms with van der Waals surface area (Å²) in [4.78, 5) is 0. The van der Waals surface area contributed by atoms with Crippen molar-refractivity contribution in [3.05, 3.63) is 29.8 Å². The van der Waals surface area contributed by atoms with Gasteiger partial charge in [0.15, 0.2) is 0 Å². The van der Waals surface area contributed by atoms with Crippen LogP contribution in [0.25, 0.3) is 0 Å². The molecule has 0 aromatic heterocycles. The number of benzene rings is 1. The molecule has 0 heterocycles. The molecule has 0 amide bonds. The number of anilines is 1. The van der Waals surface area contributed by atoms with Crippen LogP contribution < -0.4 is 9.62 Å². The molecule has 0 saturated heterocycles. The van der Waals surface area contributed by atoms with E-state index in [1.54, 1.807) is 31.3 Å². The van der Waals surface area contributed by atoms with Gasteiger partial charge >= 0.3 is 0 Å². The molecule has 0 aliphatic heterocycles. The van der Waals surface area contributed by atoms with Crippen LogP contribution in [-0.2, 0) is 10.0 Å². The zero-order chi connectivity index (χ0) is 13.1. The van der Waals surface area contributed by atoms with Crippen molar-refractivity contribution >= 4 is 15.7 Å². The number of likely N-dealkylation sites (N-methyl/N-ethyl adjacent to an activating group) is 1. The van der Waals surface area contributed by atoms with Crippen molar-refractivity contribution in [1.82, 2.24) is 5.32 Å². The third-order valence-electron chi connectivity index (χ3n) is 2.54. The van der Waals surface area contributed by atoms with Gasteiger partial charge in [-0.05, 0) is 24.7 Å². The highest BCUT2D eigenvalue weighted by Crippen LogP contribution is 2.19. The van der Waals surface area contributed by atoms with Crippen LogP contribution in [0, 0.1) is 0 Å². The van der Waals surface area contributed by atoms with Crippen LogP contribution in [0.2, 0.25) is 0 Å². The van der Waals surface area contributed by atoms with E-state index in [4.69, 9.17) is 0 Å². The molecule has 0 bridgehead atoms. The monoisotopic (exact) mass is 258 g/mol. The van der Waals surface area contributed by atoms with Gasteiger partial charge in [-0.1, -0.05) is 12.1 Å². The van der Waals surface area contributed by atoms with Crippen molar-refractivity contribution in [2.45, 2.75) is 6.10 Å². The number of sulfonamides is 1. The van der Waals surface area contributed by atoms with Crippen molar-refractivity contribution in [2.24, 2.45) is 0 Å². The highest BCUT2D eigenvalue weighted by atomic mass is 32.2. The van der Waals surface area contributed by atoms with Gasteiger partial charge in [0.25, 0.3) is 0 Å². The van der Waals surface area contributed by atoms with E-state index >= 15 is 0 Å². The van der Waals surface area contributed by atoms with Crippen LogP contribution in [0.15, 0.2) is 24.3 Å². The first-order valence-electron chi connectivity index (χ1n) is 5.23. The summed E-state index contributed by atoms with van der Waals surface area (Å²) < 4.78 is 23.8. The Hall–Kier alpha value is -1.11. The summed E-state index contributed by atoms with van der Waals surface area (Å²) in [5.74, 6) is 0. The van der Waals surface area contributed by atoms with E-state index in [-0.39, 0.29) is 0 Å². The van der Waals surface area contributed by atoms with Gasteiger partial charge in [-0.25, -0.2) is 8.42 Å². The minimum atomic E-state index is -3.24. The Kier molecular flexibility index (Phi) is 4.50. The highest BCUT2D eigenvalue weighted by molar-refractivity contribution is 7.92. The summed E-state index contributed by atoms with van der Waals surface area (Å²) in [6.45, 7) is 0.460. The molecule has 0 spiro atoms. The molecule has 0 aliphatic carbocycles. The van der Waals surface area contributed by atoms with Gasteiger partial charge < -0.3 is 10.4 Å². The van der Waals surface area contributed by atoms with E-state index in [1.165, 1.54) is 11.4 Å². The van der Waals surface area contributed by atoms with Crippen LogP contribution in [0.1, 0.15) is 11.7 Å². The molecule has 0 saturated carbocycles. The molecule has 1 atom stereocenters. The van der Waals surface area contributed by atoms with Gasteiger partial charge in [0.05, 0.1) is 18.0 Å². The zero-order valence-electron chi connectivity index (χ0n) is 10.2. The smallest absolute Gasteiger partial charge is 0.231 e. The molecule has 2 N–H and O–H groups in total. The van der Waals surface area contributed by atoms with Gasteiger partial charge in [0, 0.05) is 13.6 Å². The molecule has 6 heteroatoms. The fraction of sp³-hybridized carbons (Fsp3) is 0.455. The third kappa shape index (κ3) is 3.69. The molecular weight excluding hydrogens is 240 g/mol. The predicted octanol–water partition coefficient (Wildman–Crippen LogP) is 0.335. The van der Waals surface area contributed by atoms with E-state index in [1.807, 2.05) is 0 Å². The molecule has 5 nitrogen and oxygen atoms in total. The summed E-state index contributed by atoms with van der Waals surface area (Å²) >= 11 is 0. The van der Waals surface area contributed by atoms with E-state index < -0.39 is 16.1 Å². The van der Waals surface area contributed by atoms with Crippen LogP contribution in [0.5, 0.6) is 0 Å². The number of rotatable bonds is 5. The number of hydrogen-bond donors (Lipinski definition) is 2. The summed E-state index contributed by atoms with van der Waals surface area (Å²) in [5.41, 5.74) is 1.33. The second kappa shape index (κ2) is 5.48. The van der Waals surface area contributed by atoms with Crippen molar-refractivity contribution < 1.29 is 13.5 Å². The Labute approximate surface area is 102 Å². The third-order valence-corrected chi connectivity index (χ3v) is 3.74. The molecule has 1 aromatic carbocycles. The molecule has 1 rings (SSSR count). The Bertz CT molecular complexity index is 456. The van der Waals surface area contributed by atoms with Gasteiger partial charge in [-0.15, -0.1) is 0 Å². The molecular formula is C11H18N2O3S. The number of aliphatic hydroxyl groups excluding tert-OH is 1. The first-order valence-corrected chi connectivity index (χ1v) is 7.07. The molecule has 0 aliphatic rings. The average molecular weight is 258 g/mol. The fourth-order valence-corrected chi connectivity index (χ4v) is 1.91. The lowest BCUT2D eigenvalue weighted by atomic mass is 10.1. The number of nitrogens with one attached hydrogen (secondary N) is 1. The topological polar surface area (TPSA) is 69.6 Å². The average Bonchev–Trinajstić information content (AvgIpc) is 2.27. The lowest BCUT2D eigenvalue weighted by molar-refractivity contribution is 0.178. The minimum absolute atomic E-state index is 0.460. The molecule has 17 heavy (non-hydrogen) atoms. The largest absolute Gasteiger partial charge is 0.387 e. The number of hydrogen-bond acceptors (Lipinski definition) is 4. The summed E-state index contributed by atoms with van der Waals surface area (Å²) in [7, 11) is 0.0127. The van der Waals surface area contributed by atoms with Crippen molar-refractivity contribution in [1.29, 1.82) is 0 Å². The zero-order valence-corrected chi connectivity index (χ0v) is 11.0. The van der Waals surface area contributed by atoms with Crippen LogP contribution >= 0.6 is 0 Å². The lowest BCUT2D eigenvalue weighted by Gasteiger charge is -2.17. The van der Waals surface area contributed by atoms with Crippen LogP contribution in [0.3, 0.4) is 0 Å². The van der Waals surface area contributed by atoms with Crippen molar-refractivity contribution in [3.8, 4) is 0 Å². The normalized spacial score (nSPS) is 13.4. The quantitative estimate of drug-likeness (QED) is 0.799. The van der Waals surface area contributed by atoms with E-state index in [9.17, 15) is 13.5 Å². The first kappa shape index (κ1) is 14.0. The minimum Gasteiger partial charge on any atom is -0.387 e. The second-order valence-corrected chi connectivity index (χ2v) is 5.91. The maximum atomic E-state index is 11.3. The van der Waals surface area contributed by atoms with Crippen molar-refractivity contribution in [2.75, 3.05) is 31.2 Å². The molecule has 1 aromatic rings. The molecule has 0 fully saturated rings. The second-order valence-electron chi connectivity index (χ2n) is 3.90. The Morgan fingerprint density at radius 1 is 1.35 bits per heavy atom. The maximum absolute atomic E-state index is 11.3. The van der Waals surface area contributed by atoms with E-state index in [0.717, 1.165) is 11.8 Å². The SMILES string of the molecule is CNCC(O)c1ccc(N(C)S(C)(=O)=O)cc1. The van der Waals surface area contributed by atoms with Crippen molar-refractivity contribution in [3.63, 3.8) is 0 Å². The lowest BCUT2D eigenvalue weighted by Crippen LogP contribution is -2.24. The fourth-order valence-electron chi connectivity index (χ4n) is 1.41. The van der Waals surface area contributed by atoms with Crippen LogP contribution in [-0.4, -0.2) is 40.4 Å². The number of nitrogens with zero attached hydrogens (tertiary/aromatic N) is 1. The summed E-state index contributed by atoms with van der Waals surface area (Å²) in [6, 6.07) is 6.79. The molecule has 0 radical (unpaired) electrons. The first-order chi connectivity index (χ1) is 7.86. The summed E-state index contributed by atoms with van der Waals surface area (Å²) in [5, 5.41) is 12.6. The van der Waals surface area contributed by atoms with Gasteiger partial charge in [-0.2, -0.15) is 0 Å². The van der Waals surface area contributed by atoms with Crippen LogP contribution in [0.4, 0.5) is 5.69 Å². The van der Waals surface area contributed by atoms with E-state index in [0.29, 0.717) is 12.2 Å². The van der Waals surface area contributed by atoms with Gasteiger partial charge in [-0.3, -0.25) is 4.31 Å². The Balaban J connectivity index is 2.88. The van der Waals surface area contributed by atoms with E-state index in [2.05, 4.69) is 5.32 Å². The molecule has 1 unspecified atom stereocenters. The summed E-state index contributed by atoms with van der Waals surface area (Å²) in [6.07, 6.45) is 0.564. The maximum Gasteiger partial charge on any atom is 0.231 e. The van der Waals surface area contributed by atoms with Gasteiger partial charge in [0.2, 0.25) is 10.0 Å². The molecule has 96 valence electrons.